The number of hydrogen-bond acceptors (Lipinski definition) is 5. The molecular formula is C10H21N3O3. The summed E-state index contributed by atoms with van der Waals surface area (Å²) in [6.07, 6.45) is 1.35. The van der Waals surface area contributed by atoms with Gasteiger partial charge in [0, 0.05) is 19.0 Å². The zero-order valence-corrected chi connectivity index (χ0v) is 9.67. The quantitative estimate of drug-likeness (QED) is 0.259. The zero-order valence-electron chi connectivity index (χ0n) is 9.67. The Hall–Kier alpha value is -0.850. The van der Waals surface area contributed by atoms with E-state index in [9.17, 15) is 0 Å². The average Bonchev–Trinajstić information content (AvgIpc) is 2.31. The predicted octanol–water partition coefficient (Wildman–Crippen LogP) is -0.405. The molecule has 0 spiro atoms. The van der Waals surface area contributed by atoms with E-state index in [0.29, 0.717) is 19.1 Å². The van der Waals surface area contributed by atoms with Crippen LogP contribution in [0.4, 0.5) is 0 Å². The Morgan fingerprint density at radius 3 is 3.00 bits per heavy atom. The standard InChI is InChI=1S/C10H21N3O3/c1-8-7-16-9(6-14)5-13(8)4-2-3-10(11)12-15/h8-9,14-15H,2-7H2,1H3,(H2,11,12). The number of aliphatic hydroxyl groups excluding tert-OH is 1. The second-order valence-corrected chi connectivity index (χ2v) is 4.18. The molecule has 1 heterocycles. The van der Waals surface area contributed by atoms with Gasteiger partial charge in [-0.1, -0.05) is 5.16 Å². The first-order chi connectivity index (χ1) is 7.67. The fraction of sp³-hybridized carbons (Fsp3) is 0.900. The highest BCUT2D eigenvalue weighted by atomic mass is 16.5. The van der Waals surface area contributed by atoms with Crippen molar-refractivity contribution in [1.29, 1.82) is 0 Å². The molecule has 1 rings (SSSR count). The Balaban J connectivity index is 2.28. The van der Waals surface area contributed by atoms with Crippen LogP contribution in [0.1, 0.15) is 19.8 Å². The molecule has 94 valence electrons. The highest BCUT2D eigenvalue weighted by Gasteiger charge is 2.24. The lowest BCUT2D eigenvalue weighted by molar-refractivity contribution is -0.0777. The van der Waals surface area contributed by atoms with E-state index in [4.69, 9.17) is 20.8 Å². The minimum Gasteiger partial charge on any atom is -0.409 e. The minimum absolute atomic E-state index is 0.0590. The van der Waals surface area contributed by atoms with E-state index in [1.54, 1.807) is 0 Å². The van der Waals surface area contributed by atoms with Gasteiger partial charge in [-0.2, -0.15) is 0 Å². The first-order valence-corrected chi connectivity index (χ1v) is 5.60. The molecule has 2 unspecified atom stereocenters. The Morgan fingerprint density at radius 1 is 1.62 bits per heavy atom. The lowest BCUT2D eigenvalue weighted by atomic mass is 10.1. The SMILES string of the molecule is CC1COC(CO)CN1CCCC(N)=NO. The molecular weight excluding hydrogens is 210 g/mol. The molecule has 16 heavy (non-hydrogen) atoms. The van der Waals surface area contributed by atoms with Gasteiger partial charge in [0.05, 0.1) is 19.3 Å². The molecule has 4 N–H and O–H groups in total. The first kappa shape index (κ1) is 13.2. The molecule has 0 saturated carbocycles. The Bertz CT molecular complexity index is 235. The van der Waals surface area contributed by atoms with Gasteiger partial charge in [0.1, 0.15) is 5.84 Å². The summed E-state index contributed by atoms with van der Waals surface area (Å²) in [6.45, 7) is 4.42. The lowest BCUT2D eigenvalue weighted by Crippen LogP contribution is -2.49. The summed E-state index contributed by atoms with van der Waals surface area (Å²) < 4.78 is 5.44. The summed E-state index contributed by atoms with van der Waals surface area (Å²) in [4.78, 5) is 2.26. The van der Waals surface area contributed by atoms with Gasteiger partial charge in [-0.3, -0.25) is 4.90 Å². The molecule has 1 saturated heterocycles. The van der Waals surface area contributed by atoms with Gasteiger partial charge in [0.2, 0.25) is 0 Å². The molecule has 0 aromatic carbocycles. The smallest absolute Gasteiger partial charge is 0.139 e. The number of hydrogen-bond donors (Lipinski definition) is 3. The van der Waals surface area contributed by atoms with Gasteiger partial charge in [-0.05, 0) is 19.9 Å². The van der Waals surface area contributed by atoms with E-state index in [0.717, 1.165) is 19.5 Å². The van der Waals surface area contributed by atoms with Crippen molar-refractivity contribution in [1.82, 2.24) is 4.90 Å². The van der Waals surface area contributed by atoms with Crippen LogP contribution in [0.5, 0.6) is 0 Å². The molecule has 1 aliphatic rings. The molecule has 6 heteroatoms. The molecule has 0 bridgehead atoms. The monoisotopic (exact) mass is 231 g/mol. The highest BCUT2D eigenvalue weighted by Crippen LogP contribution is 2.12. The average molecular weight is 231 g/mol. The molecule has 0 amide bonds. The summed E-state index contributed by atoms with van der Waals surface area (Å²) in [5, 5.41) is 20.4. The van der Waals surface area contributed by atoms with Crippen LogP contribution in [0, 0.1) is 0 Å². The number of nitrogens with zero attached hydrogens (tertiary/aromatic N) is 2. The van der Waals surface area contributed by atoms with Crippen molar-refractivity contribution in [3.8, 4) is 0 Å². The summed E-state index contributed by atoms with van der Waals surface area (Å²) in [7, 11) is 0. The van der Waals surface area contributed by atoms with E-state index in [1.807, 2.05) is 0 Å². The van der Waals surface area contributed by atoms with Crippen molar-refractivity contribution in [2.45, 2.75) is 31.9 Å². The maximum Gasteiger partial charge on any atom is 0.139 e. The van der Waals surface area contributed by atoms with Crippen LogP contribution >= 0.6 is 0 Å². The number of rotatable bonds is 5. The molecule has 1 aliphatic heterocycles. The Labute approximate surface area is 95.7 Å². The molecule has 0 aliphatic carbocycles. The second kappa shape index (κ2) is 6.67. The summed E-state index contributed by atoms with van der Waals surface area (Å²) in [5.74, 6) is 0.264. The number of nitrogens with two attached hydrogens (primary N) is 1. The summed E-state index contributed by atoms with van der Waals surface area (Å²) >= 11 is 0. The highest BCUT2D eigenvalue weighted by molar-refractivity contribution is 5.79. The van der Waals surface area contributed by atoms with Crippen molar-refractivity contribution >= 4 is 5.84 Å². The minimum atomic E-state index is -0.0833. The van der Waals surface area contributed by atoms with Crippen LogP contribution in [0.15, 0.2) is 5.16 Å². The Morgan fingerprint density at radius 2 is 2.38 bits per heavy atom. The first-order valence-electron chi connectivity index (χ1n) is 5.60. The zero-order chi connectivity index (χ0) is 12.0. The third kappa shape index (κ3) is 3.96. The van der Waals surface area contributed by atoms with Gasteiger partial charge >= 0.3 is 0 Å². The van der Waals surface area contributed by atoms with E-state index >= 15 is 0 Å². The van der Waals surface area contributed by atoms with Crippen molar-refractivity contribution in [3.05, 3.63) is 0 Å². The van der Waals surface area contributed by atoms with Crippen LogP contribution in [-0.2, 0) is 4.74 Å². The van der Waals surface area contributed by atoms with Crippen LogP contribution in [-0.4, -0.2) is 59.5 Å². The number of amidine groups is 1. The van der Waals surface area contributed by atoms with Gasteiger partial charge in [-0.25, -0.2) is 0 Å². The van der Waals surface area contributed by atoms with E-state index in [2.05, 4.69) is 17.0 Å². The van der Waals surface area contributed by atoms with E-state index in [-0.39, 0.29) is 18.5 Å². The number of ether oxygens (including phenoxy) is 1. The predicted molar refractivity (Wildman–Crippen MR) is 60.5 cm³/mol. The maximum atomic E-state index is 9.02. The largest absolute Gasteiger partial charge is 0.409 e. The van der Waals surface area contributed by atoms with E-state index in [1.165, 1.54) is 0 Å². The van der Waals surface area contributed by atoms with Gasteiger partial charge in [0.25, 0.3) is 0 Å². The van der Waals surface area contributed by atoms with Crippen molar-refractivity contribution < 1.29 is 15.1 Å². The number of oxime groups is 1. The molecule has 0 aromatic rings. The molecule has 2 atom stereocenters. The number of morpholine rings is 1. The van der Waals surface area contributed by atoms with E-state index < -0.39 is 0 Å². The third-order valence-corrected chi connectivity index (χ3v) is 2.84. The summed E-state index contributed by atoms with van der Waals surface area (Å²) in [6, 6.07) is 0.357. The van der Waals surface area contributed by atoms with Crippen molar-refractivity contribution in [2.75, 3.05) is 26.3 Å². The van der Waals surface area contributed by atoms with Crippen LogP contribution in [0.25, 0.3) is 0 Å². The summed E-state index contributed by atoms with van der Waals surface area (Å²) in [5.41, 5.74) is 5.39. The fourth-order valence-corrected chi connectivity index (χ4v) is 1.81. The van der Waals surface area contributed by atoms with Gasteiger partial charge in [0.15, 0.2) is 0 Å². The van der Waals surface area contributed by atoms with Crippen molar-refractivity contribution in [3.63, 3.8) is 0 Å². The topological polar surface area (TPSA) is 91.3 Å². The number of aliphatic hydroxyl groups is 1. The normalized spacial score (nSPS) is 28.2. The van der Waals surface area contributed by atoms with Gasteiger partial charge < -0.3 is 20.8 Å². The van der Waals surface area contributed by atoms with Crippen LogP contribution in [0.2, 0.25) is 0 Å². The van der Waals surface area contributed by atoms with Crippen LogP contribution < -0.4 is 5.73 Å². The lowest BCUT2D eigenvalue weighted by Gasteiger charge is -2.37. The molecule has 6 nitrogen and oxygen atoms in total. The molecule has 0 aromatic heterocycles. The van der Waals surface area contributed by atoms with Crippen molar-refractivity contribution in [2.24, 2.45) is 10.9 Å². The molecule has 1 fully saturated rings. The third-order valence-electron chi connectivity index (χ3n) is 2.84. The van der Waals surface area contributed by atoms with Gasteiger partial charge in [-0.15, -0.1) is 0 Å². The molecule has 0 radical (unpaired) electrons. The fourth-order valence-electron chi connectivity index (χ4n) is 1.81. The Kier molecular flexibility index (Phi) is 5.51. The maximum absolute atomic E-state index is 9.02. The van der Waals surface area contributed by atoms with Crippen LogP contribution in [0.3, 0.4) is 0 Å². The second-order valence-electron chi connectivity index (χ2n) is 4.18.